The van der Waals surface area contributed by atoms with Gasteiger partial charge in [0.2, 0.25) is 5.91 Å². The predicted octanol–water partition coefficient (Wildman–Crippen LogP) is 5.00. The lowest BCUT2D eigenvalue weighted by molar-refractivity contribution is -0.121. The van der Waals surface area contributed by atoms with Crippen molar-refractivity contribution < 1.29 is 14.7 Å². The molecule has 1 aromatic rings. The second-order valence-electron chi connectivity index (χ2n) is 7.06. The molecule has 4 nitrogen and oxygen atoms in total. The summed E-state index contributed by atoms with van der Waals surface area (Å²) in [5.41, 5.74) is 0.383. The molecule has 1 aromatic heterocycles. The van der Waals surface area contributed by atoms with E-state index >= 15 is 0 Å². The Bertz CT molecular complexity index is 675. The molecule has 0 aromatic carbocycles. The van der Waals surface area contributed by atoms with Crippen molar-refractivity contribution in [1.82, 2.24) is 0 Å². The molecule has 1 saturated carbocycles. The Morgan fingerprint density at radius 2 is 2.04 bits per heavy atom. The van der Waals surface area contributed by atoms with Crippen LogP contribution in [0, 0.1) is 29.6 Å². The molecule has 0 saturated heterocycles. The van der Waals surface area contributed by atoms with Crippen LogP contribution < -0.4 is 5.32 Å². The van der Waals surface area contributed by atoms with Crippen molar-refractivity contribution in [3.05, 3.63) is 15.8 Å². The third kappa shape index (κ3) is 5.61. The van der Waals surface area contributed by atoms with Gasteiger partial charge in [0.1, 0.15) is 4.88 Å². The molecule has 2 rings (SSSR count). The minimum Gasteiger partial charge on any atom is -0.477 e. The van der Waals surface area contributed by atoms with Gasteiger partial charge < -0.3 is 10.4 Å². The zero-order valence-electron chi connectivity index (χ0n) is 15.2. The number of carbonyl (C=O) groups is 2. The van der Waals surface area contributed by atoms with Gasteiger partial charge in [-0.05, 0) is 44.1 Å². The molecule has 0 aliphatic heterocycles. The summed E-state index contributed by atoms with van der Waals surface area (Å²) in [5.74, 6) is 6.06. The number of carboxylic acids is 1. The lowest BCUT2D eigenvalue weighted by Crippen LogP contribution is -2.27. The van der Waals surface area contributed by atoms with Gasteiger partial charge in [-0.25, -0.2) is 4.79 Å². The lowest BCUT2D eigenvalue weighted by atomic mass is 9.82. The van der Waals surface area contributed by atoms with Gasteiger partial charge >= 0.3 is 5.97 Å². The molecule has 1 aliphatic rings. The smallest absolute Gasteiger partial charge is 0.348 e. The number of rotatable bonds is 5. The molecule has 0 radical (unpaired) electrons. The van der Waals surface area contributed by atoms with Crippen LogP contribution in [0.15, 0.2) is 6.07 Å². The SMILES string of the molecule is CCCC(C)C#Cc1cc(NC(=O)C2CCC(C)CC2)c(C(=O)O)s1. The topological polar surface area (TPSA) is 66.4 Å². The van der Waals surface area contributed by atoms with E-state index in [0.29, 0.717) is 16.5 Å². The maximum Gasteiger partial charge on any atom is 0.348 e. The van der Waals surface area contributed by atoms with E-state index in [1.54, 1.807) is 6.07 Å². The largest absolute Gasteiger partial charge is 0.477 e. The number of hydrogen-bond acceptors (Lipinski definition) is 3. The van der Waals surface area contributed by atoms with Crippen LogP contribution in [-0.2, 0) is 4.79 Å². The summed E-state index contributed by atoms with van der Waals surface area (Å²) in [6.07, 6.45) is 5.95. The Morgan fingerprint density at radius 1 is 1.36 bits per heavy atom. The quantitative estimate of drug-likeness (QED) is 0.725. The summed E-state index contributed by atoms with van der Waals surface area (Å²) in [6.45, 7) is 6.39. The molecule has 1 atom stereocenters. The highest BCUT2D eigenvalue weighted by molar-refractivity contribution is 7.15. The van der Waals surface area contributed by atoms with Crippen LogP contribution in [-0.4, -0.2) is 17.0 Å². The molecular formula is C20H27NO3S. The highest BCUT2D eigenvalue weighted by atomic mass is 32.1. The molecule has 1 heterocycles. The monoisotopic (exact) mass is 361 g/mol. The Balaban J connectivity index is 2.11. The molecular weight excluding hydrogens is 334 g/mol. The maximum atomic E-state index is 12.5. The van der Waals surface area contributed by atoms with Crippen molar-refractivity contribution in [2.45, 2.75) is 59.3 Å². The van der Waals surface area contributed by atoms with E-state index in [1.165, 1.54) is 0 Å². The number of carboxylic acid groups (broad SMARTS) is 1. The number of amides is 1. The molecule has 1 aliphatic carbocycles. The zero-order valence-corrected chi connectivity index (χ0v) is 16.0. The highest BCUT2D eigenvalue weighted by Gasteiger charge is 2.26. The Morgan fingerprint density at radius 3 is 2.64 bits per heavy atom. The normalized spacial score (nSPS) is 21.1. The second-order valence-corrected chi connectivity index (χ2v) is 8.12. The van der Waals surface area contributed by atoms with E-state index in [1.807, 2.05) is 0 Å². The molecule has 136 valence electrons. The molecule has 1 unspecified atom stereocenters. The standard InChI is InChI=1S/C20H27NO3S/c1-4-5-13(2)8-11-16-12-17(18(25-16)20(23)24)21-19(22)15-9-6-14(3)7-10-15/h12-15H,4-7,9-10H2,1-3H3,(H,21,22)(H,23,24). The number of carbonyl (C=O) groups excluding carboxylic acids is 1. The first-order valence-electron chi connectivity index (χ1n) is 9.10. The van der Waals surface area contributed by atoms with Gasteiger partial charge in [-0.15, -0.1) is 11.3 Å². The minimum absolute atomic E-state index is 0.0168. The van der Waals surface area contributed by atoms with Crippen LogP contribution in [0.1, 0.15) is 73.8 Å². The van der Waals surface area contributed by atoms with Gasteiger partial charge in [0.25, 0.3) is 0 Å². The first kappa shape index (κ1) is 19.5. The first-order valence-corrected chi connectivity index (χ1v) is 9.91. The first-order chi connectivity index (χ1) is 11.9. The Kier molecular flexibility index (Phi) is 7.07. The summed E-state index contributed by atoms with van der Waals surface area (Å²) < 4.78 is 0. The Hall–Kier alpha value is -1.80. The summed E-state index contributed by atoms with van der Waals surface area (Å²) in [4.78, 5) is 24.8. The van der Waals surface area contributed by atoms with Gasteiger partial charge in [0.15, 0.2) is 0 Å². The third-order valence-corrected chi connectivity index (χ3v) is 5.77. The molecule has 0 spiro atoms. The van der Waals surface area contributed by atoms with Gasteiger partial charge in [0, 0.05) is 11.8 Å². The van der Waals surface area contributed by atoms with Crippen molar-refractivity contribution in [3.8, 4) is 11.8 Å². The van der Waals surface area contributed by atoms with Gasteiger partial charge in [-0.3, -0.25) is 4.79 Å². The fourth-order valence-electron chi connectivity index (χ4n) is 3.16. The van der Waals surface area contributed by atoms with Crippen LogP contribution >= 0.6 is 11.3 Å². The van der Waals surface area contributed by atoms with Gasteiger partial charge in [-0.1, -0.05) is 39.0 Å². The zero-order chi connectivity index (χ0) is 18.4. The van der Waals surface area contributed by atoms with Crippen LogP contribution in [0.3, 0.4) is 0 Å². The van der Waals surface area contributed by atoms with Crippen molar-refractivity contribution in [1.29, 1.82) is 0 Å². The Labute approximate surface area is 154 Å². The number of aromatic carboxylic acids is 1. The van der Waals surface area contributed by atoms with E-state index in [0.717, 1.165) is 49.9 Å². The van der Waals surface area contributed by atoms with E-state index in [-0.39, 0.29) is 22.6 Å². The second kappa shape index (κ2) is 9.05. The number of anilines is 1. The number of thiophene rings is 1. The van der Waals surface area contributed by atoms with Crippen molar-refractivity contribution in [2.24, 2.45) is 17.8 Å². The molecule has 2 N–H and O–H groups in total. The van der Waals surface area contributed by atoms with Crippen molar-refractivity contribution >= 4 is 28.9 Å². The van der Waals surface area contributed by atoms with E-state index in [4.69, 9.17) is 0 Å². The van der Waals surface area contributed by atoms with E-state index < -0.39 is 5.97 Å². The third-order valence-electron chi connectivity index (χ3n) is 4.73. The van der Waals surface area contributed by atoms with Crippen molar-refractivity contribution in [2.75, 3.05) is 5.32 Å². The minimum atomic E-state index is -1.02. The lowest BCUT2D eigenvalue weighted by Gasteiger charge is -2.25. The van der Waals surface area contributed by atoms with E-state index in [9.17, 15) is 14.7 Å². The average Bonchev–Trinajstić information content (AvgIpc) is 2.97. The summed E-state index contributed by atoms with van der Waals surface area (Å²) >= 11 is 1.13. The molecule has 5 heteroatoms. The summed E-state index contributed by atoms with van der Waals surface area (Å²) in [6, 6.07) is 1.70. The summed E-state index contributed by atoms with van der Waals surface area (Å²) in [7, 11) is 0. The molecule has 1 amide bonds. The average molecular weight is 362 g/mol. The molecule has 1 fully saturated rings. The maximum absolute atomic E-state index is 12.5. The van der Waals surface area contributed by atoms with Crippen LogP contribution in [0.5, 0.6) is 0 Å². The van der Waals surface area contributed by atoms with E-state index in [2.05, 4.69) is 37.9 Å². The van der Waals surface area contributed by atoms with Gasteiger partial charge in [-0.2, -0.15) is 0 Å². The van der Waals surface area contributed by atoms with Crippen molar-refractivity contribution in [3.63, 3.8) is 0 Å². The fraction of sp³-hybridized carbons (Fsp3) is 0.600. The molecule has 0 bridgehead atoms. The molecule has 25 heavy (non-hydrogen) atoms. The van der Waals surface area contributed by atoms with Crippen LogP contribution in [0.4, 0.5) is 5.69 Å². The number of hydrogen-bond donors (Lipinski definition) is 2. The van der Waals surface area contributed by atoms with Crippen LogP contribution in [0.25, 0.3) is 0 Å². The number of nitrogens with one attached hydrogen (secondary N) is 1. The summed E-state index contributed by atoms with van der Waals surface area (Å²) in [5, 5.41) is 12.2. The van der Waals surface area contributed by atoms with Gasteiger partial charge in [0.05, 0.1) is 10.6 Å². The highest BCUT2D eigenvalue weighted by Crippen LogP contribution is 2.31. The fourth-order valence-corrected chi connectivity index (χ4v) is 3.97. The van der Waals surface area contributed by atoms with Crippen LogP contribution in [0.2, 0.25) is 0 Å². The predicted molar refractivity (Wildman–Crippen MR) is 102 cm³/mol.